The van der Waals surface area contributed by atoms with Crippen molar-refractivity contribution in [3.05, 3.63) is 86.4 Å². The molecule has 0 fully saturated rings. The van der Waals surface area contributed by atoms with Crippen LogP contribution in [0.5, 0.6) is 17.2 Å². The van der Waals surface area contributed by atoms with Crippen LogP contribution in [-0.2, 0) is 4.79 Å². The van der Waals surface area contributed by atoms with Gasteiger partial charge in [0.05, 0.1) is 31.3 Å². The molecule has 1 N–H and O–H groups in total. The Bertz CT molecular complexity index is 1540. The second kappa shape index (κ2) is 11.3. The first-order valence-corrected chi connectivity index (χ1v) is 12.1. The molecule has 3 aromatic carbocycles. The zero-order valence-corrected chi connectivity index (χ0v) is 22.3. The molecule has 0 radical (unpaired) electrons. The van der Waals surface area contributed by atoms with E-state index in [4.69, 9.17) is 14.2 Å². The Morgan fingerprint density at radius 3 is 2.46 bits per heavy atom. The van der Waals surface area contributed by atoms with E-state index >= 15 is 0 Å². The predicted octanol–water partition coefficient (Wildman–Crippen LogP) is 4.69. The van der Waals surface area contributed by atoms with Crippen LogP contribution in [0.3, 0.4) is 0 Å². The van der Waals surface area contributed by atoms with Crippen LogP contribution in [0.15, 0.2) is 69.0 Å². The fraction of sp³-hybridized carbons (Fsp3) is 0.185. The van der Waals surface area contributed by atoms with Crippen LogP contribution in [0.4, 0.5) is 5.69 Å². The molecule has 9 nitrogen and oxygen atoms in total. The van der Waals surface area contributed by atoms with E-state index in [1.165, 1.54) is 25.1 Å². The normalized spacial score (nSPS) is 11.1. The van der Waals surface area contributed by atoms with Crippen molar-refractivity contribution in [3.63, 3.8) is 0 Å². The van der Waals surface area contributed by atoms with Crippen molar-refractivity contribution in [3.8, 4) is 17.2 Å². The maximum atomic E-state index is 13.0. The average molecular weight is 565 g/mol. The lowest BCUT2D eigenvalue weighted by atomic mass is 10.2. The van der Waals surface area contributed by atoms with Gasteiger partial charge in [0.25, 0.3) is 11.5 Å². The third-order valence-corrected chi connectivity index (χ3v) is 6.04. The minimum Gasteiger partial charge on any atom is -0.493 e. The van der Waals surface area contributed by atoms with Crippen molar-refractivity contribution in [1.29, 1.82) is 0 Å². The summed E-state index contributed by atoms with van der Waals surface area (Å²) in [4.78, 5) is 29.9. The van der Waals surface area contributed by atoms with Gasteiger partial charge in [0, 0.05) is 15.7 Å². The number of fused-ring (bicyclic) bond motifs is 1. The molecule has 1 amide bonds. The molecule has 1 heterocycles. The van der Waals surface area contributed by atoms with E-state index in [0.717, 1.165) is 10.0 Å². The Hall–Kier alpha value is -4.18. The lowest BCUT2D eigenvalue weighted by Crippen LogP contribution is -2.21. The average Bonchev–Trinajstić information content (AvgIpc) is 2.89. The molecule has 0 saturated heterocycles. The number of halogens is 1. The maximum Gasteiger partial charge on any atom is 0.282 e. The van der Waals surface area contributed by atoms with Crippen LogP contribution in [-0.4, -0.2) is 42.6 Å². The summed E-state index contributed by atoms with van der Waals surface area (Å²) >= 11 is 3.39. The largest absolute Gasteiger partial charge is 0.493 e. The number of carbonyl (C=O) groups excluding carboxylic acids is 1. The number of anilines is 1. The molecule has 0 spiro atoms. The third-order valence-electron chi connectivity index (χ3n) is 5.54. The molecule has 0 bridgehead atoms. The first-order valence-electron chi connectivity index (χ1n) is 11.3. The molecule has 0 saturated carbocycles. The van der Waals surface area contributed by atoms with E-state index in [-0.39, 0.29) is 23.8 Å². The van der Waals surface area contributed by atoms with Crippen molar-refractivity contribution in [1.82, 2.24) is 9.66 Å². The number of aromatic nitrogens is 2. The van der Waals surface area contributed by atoms with E-state index in [9.17, 15) is 9.59 Å². The zero-order chi connectivity index (χ0) is 26.5. The number of aryl methyl sites for hydroxylation is 2. The van der Waals surface area contributed by atoms with Gasteiger partial charge in [-0.3, -0.25) is 9.59 Å². The first kappa shape index (κ1) is 25.9. The summed E-state index contributed by atoms with van der Waals surface area (Å²) in [6.45, 7) is 3.37. The summed E-state index contributed by atoms with van der Waals surface area (Å²) in [5.74, 6) is 1.07. The highest BCUT2D eigenvalue weighted by atomic mass is 79.9. The molecule has 10 heteroatoms. The van der Waals surface area contributed by atoms with Crippen LogP contribution in [0.2, 0.25) is 0 Å². The number of hydrogen-bond donors (Lipinski definition) is 1. The van der Waals surface area contributed by atoms with Crippen LogP contribution in [0.1, 0.15) is 17.0 Å². The lowest BCUT2D eigenvalue weighted by Gasteiger charge is -2.15. The molecule has 1 aromatic heterocycles. The highest BCUT2D eigenvalue weighted by Crippen LogP contribution is 2.38. The highest BCUT2D eigenvalue weighted by Gasteiger charge is 2.16. The summed E-state index contributed by atoms with van der Waals surface area (Å²) in [6.07, 6.45) is 1.50. The van der Waals surface area contributed by atoms with Gasteiger partial charge in [0.1, 0.15) is 5.82 Å². The quantitative estimate of drug-likeness (QED) is 0.311. The Kier molecular flexibility index (Phi) is 7.88. The maximum absolute atomic E-state index is 13.0. The van der Waals surface area contributed by atoms with E-state index in [0.29, 0.717) is 39.5 Å². The van der Waals surface area contributed by atoms with E-state index in [2.05, 4.69) is 31.3 Å². The van der Waals surface area contributed by atoms with Gasteiger partial charge in [-0.2, -0.15) is 9.78 Å². The summed E-state index contributed by atoms with van der Waals surface area (Å²) in [6, 6.07) is 16.1. The van der Waals surface area contributed by atoms with Crippen molar-refractivity contribution in [2.24, 2.45) is 5.10 Å². The van der Waals surface area contributed by atoms with Crippen molar-refractivity contribution in [2.75, 3.05) is 26.1 Å². The van der Waals surface area contributed by atoms with Crippen LogP contribution >= 0.6 is 15.9 Å². The number of nitrogens with one attached hydrogen (secondary N) is 1. The van der Waals surface area contributed by atoms with E-state index in [1.54, 1.807) is 31.2 Å². The fourth-order valence-corrected chi connectivity index (χ4v) is 4.04. The number of rotatable bonds is 8. The molecule has 0 aliphatic heterocycles. The van der Waals surface area contributed by atoms with Crippen molar-refractivity contribution < 1.29 is 19.0 Å². The number of benzene rings is 3. The monoisotopic (exact) mass is 564 g/mol. The number of hydrogen-bond acceptors (Lipinski definition) is 7. The lowest BCUT2D eigenvalue weighted by molar-refractivity contribution is -0.118. The Morgan fingerprint density at radius 1 is 1.08 bits per heavy atom. The van der Waals surface area contributed by atoms with Gasteiger partial charge in [0.2, 0.25) is 5.75 Å². The highest BCUT2D eigenvalue weighted by molar-refractivity contribution is 9.10. The number of methoxy groups -OCH3 is 2. The molecular weight excluding hydrogens is 540 g/mol. The summed E-state index contributed by atoms with van der Waals surface area (Å²) < 4.78 is 18.7. The SMILES string of the molecule is COc1cc(C=Nn2c(C)nc3ccc(Br)cc3c2=O)cc(OC)c1OCC(=O)Nc1ccccc1C. The Morgan fingerprint density at radius 2 is 1.78 bits per heavy atom. The van der Waals surface area contributed by atoms with Gasteiger partial charge in [-0.05, 0) is 55.8 Å². The minimum absolute atomic E-state index is 0.249. The van der Waals surface area contributed by atoms with Gasteiger partial charge in [-0.25, -0.2) is 4.98 Å². The van der Waals surface area contributed by atoms with Gasteiger partial charge in [0.15, 0.2) is 18.1 Å². The van der Waals surface area contributed by atoms with Gasteiger partial charge in [-0.15, -0.1) is 0 Å². The van der Waals surface area contributed by atoms with Gasteiger partial charge in [-0.1, -0.05) is 34.1 Å². The Balaban J connectivity index is 1.58. The topological polar surface area (TPSA) is 104 Å². The smallest absolute Gasteiger partial charge is 0.282 e. The van der Waals surface area contributed by atoms with Gasteiger partial charge < -0.3 is 19.5 Å². The Labute approximate surface area is 221 Å². The van der Waals surface area contributed by atoms with Crippen LogP contribution in [0, 0.1) is 13.8 Å². The van der Waals surface area contributed by atoms with Gasteiger partial charge >= 0.3 is 0 Å². The number of carbonyl (C=O) groups is 1. The molecule has 0 atom stereocenters. The minimum atomic E-state index is -0.325. The summed E-state index contributed by atoms with van der Waals surface area (Å²) in [7, 11) is 2.96. The van der Waals surface area contributed by atoms with Crippen LogP contribution in [0.25, 0.3) is 10.9 Å². The number of para-hydroxylation sites is 1. The zero-order valence-electron chi connectivity index (χ0n) is 20.7. The molecule has 0 aliphatic rings. The van der Waals surface area contributed by atoms with E-state index in [1.807, 2.05) is 37.3 Å². The van der Waals surface area contributed by atoms with Crippen molar-refractivity contribution >= 4 is 44.6 Å². The molecule has 0 unspecified atom stereocenters. The van der Waals surface area contributed by atoms with Crippen LogP contribution < -0.4 is 25.1 Å². The molecule has 4 rings (SSSR count). The van der Waals surface area contributed by atoms with Crippen molar-refractivity contribution in [2.45, 2.75) is 13.8 Å². The molecule has 190 valence electrons. The molecular formula is C27H25BrN4O5. The standard InChI is InChI=1S/C27H25BrN4O5/c1-16-7-5-6-8-21(16)31-25(33)15-37-26-23(35-3)11-18(12-24(26)36-4)14-29-32-17(2)30-22-10-9-19(28)13-20(22)27(32)34/h5-14H,15H2,1-4H3,(H,31,33). The second-order valence-electron chi connectivity index (χ2n) is 8.09. The predicted molar refractivity (Wildman–Crippen MR) is 146 cm³/mol. The number of nitrogens with zero attached hydrogens (tertiary/aromatic N) is 3. The number of amides is 1. The third kappa shape index (κ3) is 5.80. The summed E-state index contributed by atoms with van der Waals surface area (Å²) in [5.41, 5.74) is 2.54. The first-order chi connectivity index (χ1) is 17.8. The molecule has 37 heavy (non-hydrogen) atoms. The molecule has 0 aliphatic carbocycles. The summed E-state index contributed by atoms with van der Waals surface area (Å²) in [5, 5.41) is 7.62. The second-order valence-corrected chi connectivity index (χ2v) is 9.00. The number of ether oxygens (including phenoxy) is 3. The van der Waals surface area contributed by atoms with E-state index < -0.39 is 0 Å². The molecule has 4 aromatic rings. The fourth-order valence-electron chi connectivity index (χ4n) is 3.67.